The molecule has 23 heavy (non-hydrogen) atoms. The van der Waals surface area contributed by atoms with Crippen LogP contribution in [0.1, 0.15) is 11.1 Å². The molecule has 1 aromatic heterocycles. The van der Waals surface area contributed by atoms with Crippen LogP contribution in [0.3, 0.4) is 0 Å². The monoisotopic (exact) mass is 393 g/mol. The second-order valence-electron chi connectivity index (χ2n) is 4.35. The largest absolute Gasteiger partial charge is 0.418 e. The van der Waals surface area contributed by atoms with Gasteiger partial charge in [0.15, 0.2) is 0 Å². The van der Waals surface area contributed by atoms with Crippen LogP contribution < -0.4 is 0 Å². The minimum absolute atomic E-state index is 0.0252. The van der Waals surface area contributed by atoms with E-state index in [9.17, 15) is 26.3 Å². The third-order valence-corrected chi connectivity index (χ3v) is 3.63. The van der Waals surface area contributed by atoms with Crippen LogP contribution in [0.5, 0.6) is 0 Å². The number of rotatable bonds is 1. The summed E-state index contributed by atoms with van der Waals surface area (Å²) in [5.74, 6) is 0. The lowest BCUT2D eigenvalue weighted by molar-refractivity contribution is -0.161. The molecule has 0 N–H and O–H groups in total. The Balaban J connectivity index is 2.90. The topological polar surface area (TPSA) is 12.9 Å². The molecule has 0 radical (unpaired) electrons. The maximum absolute atomic E-state index is 13.2. The maximum Gasteiger partial charge on any atom is 0.418 e. The zero-order valence-electron chi connectivity index (χ0n) is 10.7. The maximum atomic E-state index is 13.2. The molecule has 0 saturated carbocycles. The average molecular weight is 395 g/mol. The van der Waals surface area contributed by atoms with Crippen LogP contribution in [0.4, 0.5) is 26.3 Å². The SMILES string of the molecule is FC(F)(F)c1cncc(-c2c(Cl)cc(Cl)cc2Cl)c1C(F)(F)F. The lowest BCUT2D eigenvalue weighted by atomic mass is 9.97. The molecule has 1 nitrogen and oxygen atoms in total. The number of hydrogen-bond donors (Lipinski definition) is 0. The van der Waals surface area contributed by atoms with E-state index < -0.39 is 34.6 Å². The van der Waals surface area contributed by atoms with Gasteiger partial charge in [-0.05, 0) is 12.1 Å². The molecule has 0 fully saturated rings. The Kier molecular flexibility index (Phi) is 4.76. The Hall–Kier alpha value is -1.18. The van der Waals surface area contributed by atoms with Crippen LogP contribution in [-0.4, -0.2) is 4.98 Å². The van der Waals surface area contributed by atoms with Crippen LogP contribution in [0.2, 0.25) is 15.1 Å². The lowest BCUT2D eigenvalue weighted by Gasteiger charge is -2.19. The third kappa shape index (κ3) is 3.67. The highest BCUT2D eigenvalue weighted by Gasteiger charge is 2.45. The summed E-state index contributed by atoms with van der Waals surface area (Å²) in [6, 6.07) is 2.15. The minimum atomic E-state index is -5.30. The van der Waals surface area contributed by atoms with Crippen LogP contribution in [0.25, 0.3) is 11.1 Å². The van der Waals surface area contributed by atoms with Gasteiger partial charge in [0.05, 0.1) is 21.2 Å². The molecule has 1 heterocycles. The summed E-state index contributed by atoms with van der Waals surface area (Å²) in [7, 11) is 0. The standard InChI is InChI=1S/C13H4Cl3F6N/c14-5-1-8(15)10(9(16)2-5)6-3-23-4-7(12(17,18)19)11(6)13(20,21)22/h1-4H. The lowest BCUT2D eigenvalue weighted by Crippen LogP contribution is -2.18. The predicted octanol–water partition coefficient (Wildman–Crippen LogP) is 6.75. The van der Waals surface area contributed by atoms with E-state index in [1.165, 1.54) is 0 Å². The molecule has 0 aliphatic carbocycles. The van der Waals surface area contributed by atoms with Crippen molar-refractivity contribution in [2.75, 3.05) is 0 Å². The molecule has 2 aromatic rings. The molecular weight excluding hydrogens is 390 g/mol. The molecule has 0 aliphatic heterocycles. The number of pyridine rings is 1. The first kappa shape index (κ1) is 18.2. The zero-order valence-corrected chi connectivity index (χ0v) is 12.9. The van der Waals surface area contributed by atoms with Crippen molar-refractivity contribution < 1.29 is 26.3 Å². The molecule has 0 spiro atoms. The molecule has 0 amide bonds. The number of nitrogens with zero attached hydrogens (tertiary/aromatic N) is 1. The highest BCUT2D eigenvalue weighted by Crippen LogP contribution is 2.47. The van der Waals surface area contributed by atoms with Gasteiger partial charge in [-0.3, -0.25) is 4.98 Å². The fourth-order valence-electron chi connectivity index (χ4n) is 1.97. The summed E-state index contributed by atoms with van der Waals surface area (Å²) in [6.45, 7) is 0. The van der Waals surface area contributed by atoms with Crippen molar-refractivity contribution in [2.45, 2.75) is 12.4 Å². The van der Waals surface area contributed by atoms with Crippen LogP contribution >= 0.6 is 34.8 Å². The Labute approximate surface area is 140 Å². The van der Waals surface area contributed by atoms with Crippen molar-refractivity contribution in [3.63, 3.8) is 0 Å². The molecule has 2 rings (SSSR count). The summed E-state index contributed by atoms with van der Waals surface area (Å²) in [5.41, 5.74) is -5.14. The first-order valence-electron chi connectivity index (χ1n) is 5.70. The van der Waals surface area contributed by atoms with Gasteiger partial charge < -0.3 is 0 Å². The summed E-state index contributed by atoms with van der Waals surface area (Å²) in [5, 5.41) is -0.625. The predicted molar refractivity (Wildman–Crippen MR) is 74.7 cm³/mol. The summed E-state index contributed by atoms with van der Waals surface area (Å²) in [6.07, 6.45) is -9.82. The number of alkyl halides is 6. The number of halogens is 9. The molecule has 0 bridgehead atoms. The van der Waals surface area contributed by atoms with Crippen LogP contribution in [0, 0.1) is 0 Å². The van der Waals surface area contributed by atoms with Gasteiger partial charge in [-0.15, -0.1) is 0 Å². The van der Waals surface area contributed by atoms with Gasteiger partial charge in [0.2, 0.25) is 0 Å². The van der Waals surface area contributed by atoms with Gasteiger partial charge in [-0.2, -0.15) is 26.3 Å². The first-order valence-corrected chi connectivity index (χ1v) is 6.83. The van der Waals surface area contributed by atoms with Gasteiger partial charge in [0, 0.05) is 28.5 Å². The third-order valence-electron chi connectivity index (χ3n) is 2.81. The van der Waals surface area contributed by atoms with Gasteiger partial charge in [0.25, 0.3) is 0 Å². The van der Waals surface area contributed by atoms with Crippen molar-refractivity contribution in [3.8, 4) is 11.1 Å². The highest BCUT2D eigenvalue weighted by atomic mass is 35.5. The van der Waals surface area contributed by atoms with E-state index in [1.54, 1.807) is 0 Å². The normalized spacial score (nSPS) is 12.6. The van der Waals surface area contributed by atoms with Crippen LogP contribution in [0.15, 0.2) is 24.5 Å². The Morgan fingerprint density at radius 2 is 1.30 bits per heavy atom. The molecular formula is C13H4Cl3F6N. The van der Waals surface area contributed by atoms with E-state index in [2.05, 4.69) is 4.98 Å². The molecule has 0 saturated heterocycles. The summed E-state index contributed by atoms with van der Waals surface area (Å²) >= 11 is 17.3. The average Bonchev–Trinajstić information content (AvgIpc) is 2.34. The smallest absolute Gasteiger partial charge is 0.263 e. The number of benzene rings is 1. The summed E-state index contributed by atoms with van der Waals surface area (Å²) in [4.78, 5) is 3.24. The summed E-state index contributed by atoms with van der Waals surface area (Å²) < 4.78 is 78.4. The van der Waals surface area contributed by atoms with Gasteiger partial charge >= 0.3 is 12.4 Å². The molecule has 0 aliphatic rings. The number of hydrogen-bond acceptors (Lipinski definition) is 1. The fraction of sp³-hybridized carbons (Fsp3) is 0.154. The number of aromatic nitrogens is 1. The van der Waals surface area contributed by atoms with E-state index in [4.69, 9.17) is 34.8 Å². The van der Waals surface area contributed by atoms with Gasteiger partial charge in [-0.1, -0.05) is 34.8 Å². The Bertz CT molecular complexity index is 731. The molecule has 0 unspecified atom stereocenters. The van der Waals surface area contributed by atoms with E-state index in [1.807, 2.05) is 0 Å². The zero-order chi connectivity index (χ0) is 17.6. The Morgan fingerprint density at radius 1 is 0.783 bits per heavy atom. The van der Waals surface area contributed by atoms with Crippen molar-refractivity contribution in [3.05, 3.63) is 50.7 Å². The van der Waals surface area contributed by atoms with Gasteiger partial charge in [-0.25, -0.2) is 0 Å². The Morgan fingerprint density at radius 3 is 1.74 bits per heavy atom. The first-order chi connectivity index (χ1) is 10.4. The highest BCUT2D eigenvalue weighted by molar-refractivity contribution is 6.41. The van der Waals surface area contributed by atoms with E-state index in [0.29, 0.717) is 6.20 Å². The molecule has 0 atom stereocenters. The van der Waals surface area contributed by atoms with Crippen molar-refractivity contribution in [1.29, 1.82) is 0 Å². The molecule has 124 valence electrons. The molecule has 1 aromatic carbocycles. The van der Waals surface area contributed by atoms with Gasteiger partial charge in [0.1, 0.15) is 0 Å². The quantitative estimate of drug-likeness (QED) is 0.488. The second-order valence-corrected chi connectivity index (χ2v) is 5.60. The van der Waals surface area contributed by atoms with Crippen molar-refractivity contribution >= 4 is 34.8 Å². The fourth-order valence-corrected chi connectivity index (χ4v) is 2.99. The van der Waals surface area contributed by atoms with E-state index >= 15 is 0 Å². The second kappa shape index (κ2) is 6.03. The van der Waals surface area contributed by atoms with Crippen LogP contribution in [-0.2, 0) is 12.4 Å². The van der Waals surface area contributed by atoms with Crippen molar-refractivity contribution in [1.82, 2.24) is 4.98 Å². The van der Waals surface area contributed by atoms with E-state index in [0.717, 1.165) is 12.1 Å². The van der Waals surface area contributed by atoms with Crippen molar-refractivity contribution in [2.24, 2.45) is 0 Å². The molecule has 10 heteroatoms. The van der Waals surface area contributed by atoms with E-state index in [-0.39, 0.29) is 21.3 Å². The minimum Gasteiger partial charge on any atom is -0.263 e.